The molecule has 2 rings (SSSR count). The minimum absolute atomic E-state index is 0.144. The Kier molecular flexibility index (Phi) is 3.24. The van der Waals surface area contributed by atoms with E-state index < -0.39 is 0 Å². The van der Waals surface area contributed by atoms with E-state index >= 15 is 0 Å². The van der Waals surface area contributed by atoms with E-state index in [1.807, 2.05) is 0 Å². The van der Waals surface area contributed by atoms with Crippen molar-refractivity contribution in [3.8, 4) is 11.4 Å². The molecule has 1 aromatic carbocycles. The third kappa shape index (κ3) is 2.71. The molecule has 88 valence electrons. The summed E-state index contributed by atoms with van der Waals surface area (Å²) in [5, 5.41) is 0. The van der Waals surface area contributed by atoms with Crippen molar-refractivity contribution in [2.24, 2.45) is 0 Å². The molecule has 0 spiro atoms. The molecule has 0 amide bonds. The minimum atomic E-state index is -0.362. The molecule has 0 radical (unpaired) electrons. The van der Waals surface area contributed by atoms with Crippen molar-refractivity contribution < 1.29 is 4.39 Å². The maximum absolute atomic E-state index is 13.3. The van der Waals surface area contributed by atoms with Gasteiger partial charge in [0.25, 0.3) is 5.56 Å². The number of alkyl halides is 1. The van der Waals surface area contributed by atoms with Gasteiger partial charge in [-0.05, 0) is 30.7 Å². The van der Waals surface area contributed by atoms with Crippen molar-refractivity contribution in [1.29, 1.82) is 0 Å². The van der Waals surface area contributed by atoms with Gasteiger partial charge in [-0.2, -0.15) is 0 Å². The molecular weight excluding hydrogens is 243 g/mol. The second-order valence-electron chi connectivity index (χ2n) is 3.74. The summed E-state index contributed by atoms with van der Waals surface area (Å²) < 4.78 is 13.3. The van der Waals surface area contributed by atoms with Crippen molar-refractivity contribution >= 4 is 11.6 Å². The molecule has 5 heteroatoms. The van der Waals surface area contributed by atoms with E-state index in [0.717, 1.165) is 5.56 Å². The summed E-state index contributed by atoms with van der Waals surface area (Å²) in [5.74, 6) is 0.111. The van der Waals surface area contributed by atoms with E-state index in [9.17, 15) is 9.18 Å². The number of hydrogen-bond acceptors (Lipinski definition) is 2. The van der Waals surface area contributed by atoms with Gasteiger partial charge in [0.1, 0.15) is 11.6 Å². The zero-order valence-electron chi connectivity index (χ0n) is 9.13. The Morgan fingerprint density at radius 1 is 1.35 bits per heavy atom. The van der Waals surface area contributed by atoms with Crippen LogP contribution in [0.15, 0.2) is 29.1 Å². The van der Waals surface area contributed by atoms with Crippen LogP contribution < -0.4 is 5.56 Å². The number of nitrogens with one attached hydrogen (secondary N) is 1. The van der Waals surface area contributed by atoms with E-state index in [1.54, 1.807) is 13.0 Å². The monoisotopic (exact) mass is 252 g/mol. The molecule has 0 saturated carbocycles. The first-order chi connectivity index (χ1) is 8.08. The highest BCUT2D eigenvalue weighted by molar-refractivity contribution is 6.16. The van der Waals surface area contributed by atoms with Crippen molar-refractivity contribution in [2.45, 2.75) is 12.8 Å². The number of hydrogen-bond donors (Lipinski definition) is 1. The van der Waals surface area contributed by atoms with E-state index in [2.05, 4.69) is 9.97 Å². The lowest BCUT2D eigenvalue weighted by Crippen LogP contribution is -2.09. The van der Waals surface area contributed by atoms with Gasteiger partial charge in [0, 0.05) is 11.6 Å². The quantitative estimate of drug-likeness (QED) is 0.835. The fourth-order valence-electron chi connectivity index (χ4n) is 1.59. The van der Waals surface area contributed by atoms with Crippen molar-refractivity contribution in [2.75, 3.05) is 0 Å². The molecule has 0 aliphatic rings. The van der Waals surface area contributed by atoms with Gasteiger partial charge in [-0.1, -0.05) is 0 Å². The second kappa shape index (κ2) is 4.67. The maximum Gasteiger partial charge on any atom is 0.251 e. The fourth-order valence-corrected chi connectivity index (χ4v) is 1.72. The Balaban J connectivity index is 2.59. The number of aromatic nitrogens is 2. The van der Waals surface area contributed by atoms with Crippen LogP contribution in [0.25, 0.3) is 11.4 Å². The van der Waals surface area contributed by atoms with Crippen LogP contribution in [0.1, 0.15) is 11.3 Å². The van der Waals surface area contributed by atoms with Crippen molar-refractivity contribution in [3.63, 3.8) is 0 Å². The standard InChI is InChI=1S/C12H10ClFN2O/c1-7-2-8(4-9(14)3-7)12-15-10(6-13)5-11(17)16-12/h2-5H,6H2,1H3,(H,15,16,17). The summed E-state index contributed by atoms with van der Waals surface area (Å²) >= 11 is 5.63. The van der Waals surface area contributed by atoms with Crippen molar-refractivity contribution in [1.82, 2.24) is 9.97 Å². The zero-order valence-corrected chi connectivity index (χ0v) is 9.88. The van der Waals surface area contributed by atoms with Gasteiger partial charge in [0.15, 0.2) is 0 Å². The number of rotatable bonds is 2. The van der Waals surface area contributed by atoms with Gasteiger partial charge in [0.2, 0.25) is 0 Å². The Bertz CT molecular complexity index is 589. The summed E-state index contributed by atoms with van der Waals surface area (Å²) in [7, 11) is 0. The van der Waals surface area contributed by atoms with Gasteiger partial charge in [-0.3, -0.25) is 4.79 Å². The molecule has 0 fully saturated rings. The Labute approximate surface area is 102 Å². The number of H-pyrrole nitrogens is 1. The van der Waals surface area contributed by atoms with Crippen LogP contribution in [0.4, 0.5) is 4.39 Å². The zero-order chi connectivity index (χ0) is 12.4. The number of benzene rings is 1. The molecule has 1 heterocycles. The molecule has 1 aromatic heterocycles. The first-order valence-corrected chi connectivity index (χ1v) is 5.56. The largest absolute Gasteiger partial charge is 0.307 e. The minimum Gasteiger partial charge on any atom is -0.307 e. The molecule has 0 aliphatic heterocycles. The van der Waals surface area contributed by atoms with E-state index in [-0.39, 0.29) is 17.3 Å². The predicted molar refractivity (Wildman–Crippen MR) is 64.5 cm³/mol. The van der Waals surface area contributed by atoms with Crippen LogP contribution in [-0.4, -0.2) is 9.97 Å². The van der Waals surface area contributed by atoms with Crippen LogP contribution in [0.3, 0.4) is 0 Å². The van der Waals surface area contributed by atoms with Gasteiger partial charge < -0.3 is 4.98 Å². The lowest BCUT2D eigenvalue weighted by atomic mass is 10.1. The van der Waals surface area contributed by atoms with Crippen molar-refractivity contribution in [3.05, 3.63) is 51.7 Å². The highest BCUT2D eigenvalue weighted by atomic mass is 35.5. The first kappa shape index (κ1) is 11.8. The Hall–Kier alpha value is -1.68. The average molecular weight is 253 g/mol. The molecule has 3 nitrogen and oxygen atoms in total. The van der Waals surface area contributed by atoms with E-state index in [0.29, 0.717) is 17.1 Å². The molecular formula is C12H10ClFN2O. The molecule has 0 bridgehead atoms. The second-order valence-corrected chi connectivity index (χ2v) is 4.00. The van der Waals surface area contributed by atoms with Crippen LogP contribution in [0, 0.1) is 12.7 Å². The highest BCUT2D eigenvalue weighted by Crippen LogP contribution is 2.17. The molecule has 2 aromatic rings. The summed E-state index contributed by atoms with van der Waals surface area (Å²) in [5.41, 5.74) is 1.46. The number of halogens is 2. The van der Waals surface area contributed by atoms with Gasteiger partial charge in [-0.25, -0.2) is 9.37 Å². The van der Waals surface area contributed by atoms with E-state index in [4.69, 9.17) is 11.6 Å². The molecule has 0 saturated heterocycles. The van der Waals surface area contributed by atoms with Crippen LogP contribution in [0.5, 0.6) is 0 Å². The third-order valence-corrected chi connectivity index (χ3v) is 2.52. The predicted octanol–water partition coefficient (Wildman–Crippen LogP) is 2.62. The summed E-state index contributed by atoms with van der Waals surface area (Å²) in [6, 6.07) is 5.80. The summed E-state index contributed by atoms with van der Waals surface area (Å²) in [6.07, 6.45) is 0. The fraction of sp³-hybridized carbons (Fsp3) is 0.167. The van der Waals surface area contributed by atoms with Gasteiger partial charge in [-0.15, -0.1) is 11.6 Å². The van der Waals surface area contributed by atoms with Crippen LogP contribution in [0.2, 0.25) is 0 Å². The van der Waals surface area contributed by atoms with E-state index in [1.165, 1.54) is 18.2 Å². The van der Waals surface area contributed by atoms with Crippen LogP contribution in [-0.2, 0) is 5.88 Å². The normalized spacial score (nSPS) is 10.5. The number of aromatic amines is 1. The van der Waals surface area contributed by atoms with Crippen LogP contribution >= 0.6 is 11.6 Å². The highest BCUT2D eigenvalue weighted by Gasteiger charge is 2.05. The number of nitrogens with zero attached hydrogens (tertiary/aromatic N) is 1. The Morgan fingerprint density at radius 3 is 2.76 bits per heavy atom. The van der Waals surface area contributed by atoms with Gasteiger partial charge >= 0.3 is 0 Å². The summed E-state index contributed by atoms with van der Waals surface area (Å²) in [6.45, 7) is 1.77. The maximum atomic E-state index is 13.3. The topological polar surface area (TPSA) is 45.8 Å². The molecule has 1 N–H and O–H groups in total. The van der Waals surface area contributed by atoms with Gasteiger partial charge in [0.05, 0.1) is 11.6 Å². The number of aryl methyl sites for hydroxylation is 1. The molecule has 0 aliphatic carbocycles. The molecule has 0 unspecified atom stereocenters. The first-order valence-electron chi connectivity index (χ1n) is 5.02. The third-order valence-electron chi connectivity index (χ3n) is 2.25. The average Bonchev–Trinajstić information content (AvgIpc) is 2.26. The molecule has 0 atom stereocenters. The Morgan fingerprint density at radius 2 is 2.12 bits per heavy atom. The lowest BCUT2D eigenvalue weighted by Gasteiger charge is -2.04. The summed E-state index contributed by atoms with van der Waals surface area (Å²) in [4.78, 5) is 18.1. The smallest absolute Gasteiger partial charge is 0.251 e. The lowest BCUT2D eigenvalue weighted by molar-refractivity contribution is 0.627. The molecule has 17 heavy (non-hydrogen) atoms. The SMILES string of the molecule is Cc1cc(F)cc(-c2nc(CCl)cc(=O)[nH]2)c1.